The Morgan fingerprint density at radius 3 is 3.00 bits per heavy atom. The molecule has 0 radical (unpaired) electrons. The van der Waals surface area contributed by atoms with Crippen molar-refractivity contribution in [1.29, 1.82) is 0 Å². The van der Waals surface area contributed by atoms with Gasteiger partial charge in [0.05, 0.1) is 6.54 Å². The molecule has 1 fully saturated rings. The van der Waals surface area contributed by atoms with E-state index >= 15 is 0 Å². The lowest BCUT2D eigenvalue weighted by atomic mass is 10.2. The number of rotatable bonds is 4. The fraction of sp³-hybridized carbons (Fsp3) is 0.909. The number of nitrogens with one attached hydrogen (secondary N) is 1. The van der Waals surface area contributed by atoms with Crippen molar-refractivity contribution < 1.29 is 0 Å². The summed E-state index contributed by atoms with van der Waals surface area (Å²) in [6, 6.07) is 0. The van der Waals surface area contributed by atoms with Crippen LogP contribution in [0.15, 0.2) is 4.99 Å². The Hall–Kier alpha value is -0.180. The summed E-state index contributed by atoms with van der Waals surface area (Å²) in [5, 5.41) is 5.42. The first-order valence-corrected chi connectivity index (χ1v) is 6.62. The van der Waals surface area contributed by atoms with Crippen LogP contribution in [-0.4, -0.2) is 23.5 Å². The van der Waals surface area contributed by atoms with E-state index in [9.17, 15) is 0 Å². The molecule has 1 aliphatic heterocycles. The maximum atomic E-state index is 4.53. The average Bonchev–Trinajstić information content (AvgIpc) is 2.69. The number of thioether (sulfide) groups is 1. The third-order valence-electron chi connectivity index (χ3n) is 3.12. The lowest BCUT2D eigenvalue weighted by Gasteiger charge is -2.07. The molecule has 2 rings (SSSR count). The van der Waals surface area contributed by atoms with Gasteiger partial charge in [0.1, 0.15) is 0 Å². The van der Waals surface area contributed by atoms with E-state index in [-0.39, 0.29) is 0 Å². The lowest BCUT2D eigenvalue weighted by molar-refractivity contribution is 0.714. The SMILES string of the molecule is CCCC1CN=C(NCC2CC2C)S1. The van der Waals surface area contributed by atoms with Crippen molar-refractivity contribution in [1.82, 2.24) is 5.32 Å². The number of nitrogens with zero attached hydrogens (tertiary/aromatic N) is 1. The third kappa shape index (κ3) is 2.66. The van der Waals surface area contributed by atoms with Crippen molar-refractivity contribution in [3.63, 3.8) is 0 Å². The molecule has 2 nitrogen and oxygen atoms in total. The van der Waals surface area contributed by atoms with E-state index in [1.165, 1.54) is 24.4 Å². The Bertz CT molecular complexity index is 227. The molecule has 3 unspecified atom stereocenters. The highest BCUT2D eigenvalue weighted by Crippen LogP contribution is 2.37. The van der Waals surface area contributed by atoms with Crippen LogP contribution in [0.3, 0.4) is 0 Å². The van der Waals surface area contributed by atoms with E-state index in [0.717, 1.165) is 30.2 Å². The van der Waals surface area contributed by atoms with Gasteiger partial charge in [-0.25, -0.2) is 0 Å². The van der Waals surface area contributed by atoms with Crippen LogP contribution in [-0.2, 0) is 0 Å². The molecule has 14 heavy (non-hydrogen) atoms. The normalized spacial score (nSPS) is 35.6. The van der Waals surface area contributed by atoms with E-state index < -0.39 is 0 Å². The Balaban J connectivity index is 1.63. The van der Waals surface area contributed by atoms with Gasteiger partial charge in [0.15, 0.2) is 5.17 Å². The molecule has 1 aliphatic carbocycles. The number of hydrogen-bond donors (Lipinski definition) is 1. The minimum atomic E-state index is 0.749. The van der Waals surface area contributed by atoms with Crippen molar-refractivity contribution in [2.75, 3.05) is 13.1 Å². The zero-order chi connectivity index (χ0) is 9.97. The Morgan fingerprint density at radius 1 is 1.57 bits per heavy atom. The molecule has 0 aromatic carbocycles. The maximum Gasteiger partial charge on any atom is 0.156 e. The summed E-state index contributed by atoms with van der Waals surface area (Å²) in [6.45, 7) is 6.75. The van der Waals surface area contributed by atoms with Gasteiger partial charge in [0.2, 0.25) is 0 Å². The summed E-state index contributed by atoms with van der Waals surface area (Å²) >= 11 is 1.95. The Morgan fingerprint density at radius 2 is 2.36 bits per heavy atom. The smallest absolute Gasteiger partial charge is 0.156 e. The standard InChI is InChI=1S/C11H20N2S/c1-3-4-10-7-13-11(14-10)12-6-9-5-8(9)2/h8-10H,3-7H2,1-2H3,(H,12,13). The summed E-state index contributed by atoms with van der Waals surface area (Å²) < 4.78 is 0. The van der Waals surface area contributed by atoms with Gasteiger partial charge in [0.25, 0.3) is 0 Å². The van der Waals surface area contributed by atoms with E-state index in [4.69, 9.17) is 0 Å². The second-order valence-electron chi connectivity index (χ2n) is 4.53. The second-order valence-corrected chi connectivity index (χ2v) is 5.82. The molecular weight excluding hydrogens is 192 g/mol. The molecular formula is C11H20N2S. The third-order valence-corrected chi connectivity index (χ3v) is 4.33. The van der Waals surface area contributed by atoms with E-state index in [1.807, 2.05) is 11.8 Å². The van der Waals surface area contributed by atoms with Crippen LogP contribution in [0.2, 0.25) is 0 Å². The summed E-state index contributed by atoms with van der Waals surface area (Å²) in [5.41, 5.74) is 0. The molecule has 3 atom stereocenters. The summed E-state index contributed by atoms with van der Waals surface area (Å²) in [5.74, 6) is 1.87. The van der Waals surface area contributed by atoms with E-state index in [2.05, 4.69) is 24.2 Å². The minimum Gasteiger partial charge on any atom is -0.365 e. The lowest BCUT2D eigenvalue weighted by Crippen LogP contribution is -2.22. The van der Waals surface area contributed by atoms with Crippen molar-refractivity contribution in [3.8, 4) is 0 Å². The molecule has 2 aliphatic rings. The van der Waals surface area contributed by atoms with Gasteiger partial charge in [-0.1, -0.05) is 32.0 Å². The van der Waals surface area contributed by atoms with Crippen LogP contribution in [0.1, 0.15) is 33.1 Å². The van der Waals surface area contributed by atoms with Gasteiger partial charge in [0, 0.05) is 11.8 Å². The number of aliphatic imine (C=N–C) groups is 1. The van der Waals surface area contributed by atoms with Crippen molar-refractivity contribution in [2.24, 2.45) is 16.8 Å². The zero-order valence-electron chi connectivity index (χ0n) is 9.12. The van der Waals surface area contributed by atoms with Gasteiger partial charge in [-0.3, -0.25) is 4.99 Å². The van der Waals surface area contributed by atoms with E-state index in [0.29, 0.717) is 0 Å². The second kappa shape index (κ2) is 4.56. The predicted octanol–water partition coefficient (Wildman–Crippen LogP) is 2.50. The van der Waals surface area contributed by atoms with Crippen LogP contribution in [0, 0.1) is 11.8 Å². The van der Waals surface area contributed by atoms with Gasteiger partial charge in [-0.2, -0.15) is 0 Å². The first-order chi connectivity index (χ1) is 6.79. The molecule has 1 saturated carbocycles. The van der Waals surface area contributed by atoms with Crippen LogP contribution >= 0.6 is 11.8 Å². The van der Waals surface area contributed by atoms with Gasteiger partial charge < -0.3 is 5.32 Å². The van der Waals surface area contributed by atoms with Crippen molar-refractivity contribution in [2.45, 2.75) is 38.4 Å². The molecule has 80 valence electrons. The molecule has 0 amide bonds. The fourth-order valence-electron chi connectivity index (χ4n) is 1.89. The van der Waals surface area contributed by atoms with Crippen LogP contribution in [0.25, 0.3) is 0 Å². The van der Waals surface area contributed by atoms with Gasteiger partial charge in [-0.05, 0) is 24.7 Å². The molecule has 0 aromatic heterocycles. The van der Waals surface area contributed by atoms with Crippen LogP contribution < -0.4 is 5.32 Å². The number of hydrogen-bond acceptors (Lipinski definition) is 3. The summed E-state index contributed by atoms with van der Waals surface area (Å²) in [6.07, 6.45) is 3.99. The molecule has 0 saturated heterocycles. The largest absolute Gasteiger partial charge is 0.365 e. The Labute approximate surface area is 90.9 Å². The van der Waals surface area contributed by atoms with E-state index in [1.54, 1.807) is 0 Å². The molecule has 0 aromatic rings. The van der Waals surface area contributed by atoms with Crippen LogP contribution in [0.5, 0.6) is 0 Å². The van der Waals surface area contributed by atoms with Crippen LogP contribution in [0.4, 0.5) is 0 Å². The predicted molar refractivity (Wildman–Crippen MR) is 63.9 cm³/mol. The first-order valence-electron chi connectivity index (χ1n) is 5.74. The van der Waals surface area contributed by atoms with Gasteiger partial charge >= 0.3 is 0 Å². The Kier molecular flexibility index (Phi) is 3.37. The zero-order valence-corrected chi connectivity index (χ0v) is 9.94. The monoisotopic (exact) mass is 212 g/mol. The summed E-state index contributed by atoms with van der Waals surface area (Å²) in [4.78, 5) is 4.53. The summed E-state index contributed by atoms with van der Waals surface area (Å²) in [7, 11) is 0. The topological polar surface area (TPSA) is 24.4 Å². The van der Waals surface area contributed by atoms with Crippen molar-refractivity contribution in [3.05, 3.63) is 0 Å². The molecule has 1 heterocycles. The van der Waals surface area contributed by atoms with Crippen molar-refractivity contribution >= 4 is 16.9 Å². The first kappa shape index (κ1) is 10.3. The molecule has 3 heteroatoms. The molecule has 0 spiro atoms. The van der Waals surface area contributed by atoms with Gasteiger partial charge in [-0.15, -0.1) is 0 Å². The highest BCUT2D eigenvalue weighted by Gasteiger charge is 2.32. The quantitative estimate of drug-likeness (QED) is 0.774. The highest BCUT2D eigenvalue weighted by molar-refractivity contribution is 8.14. The highest BCUT2D eigenvalue weighted by atomic mass is 32.2. The fourth-order valence-corrected chi connectivity index (χ4v) is 3.02. The number of amidine groups is 1. The minimum absolute atomic E-state index is 0.749. The molecule has 0 bridgehead atoms. The average molecular weight is 212 g/mol. The molecule has 1 N–H and O–H groups in total. The maximum absolute atomic E-state index is 4.53.